The van der Waals surface area contributed by atoms with Crippen molar-refractivity contribution >= 4 is 5.57 Å². The molecule has 0 aromatic heterocycles. The Bertz CT molecular complexity index is 1000. The number of hydrogen-bond acceptors (Lipinski definition) is 3. The van der Waals surface area contributed by atoms with Gasteiger partial charge in [-0.25, -0.2) is 0 Å². The fraction of sp³-hybridized carbons (Fsp3) is 0.500. The minimum absolute atomic E-state index is 0.306. The molecule has 1 aromatic rings. The highest BCUT2D eigenvalue weighted by atomic mass is 15.2. The van der Waals surface area contributed by atoms with E-state index in [9.17, 15) is 5.26 Å². The summed E-state index contributed by atoms with van der Waals surface area (Å²) < 4.78 is 0. The van der Waals surface area contributed by atoms with Gasteiger partial charge in [-0.15, -0.1) is 0 Å². The fourth-order valence-electron chi connectivity index (χ4n) is 5.54. The van der Waals surface area contributed by atoms with Crippen LogP contribution in [-0.4, -0.2) is 35.5 Å². The van der Waals surface area contributed by atoms with Crippen molar-refractivity contribution < 1.29 is 0 Å². The van der Waals surface area contributed by atoms with E-state index in [1.54, 1.807) is 0 Å². The first-order chi connectivity index (χ1) is 16.0. The highest BCUT2D eigenvalue weighted by molar-refractivity contribution is 5.73. The highest BCUT2D eigenvalue weighted by Crippen LogP contribution is 2.35. The maximum Gasteiger partial charge on any atom is 0.0991 e. The van der Waals surface area contributed by atoms with Gasteiger partial charge in [0, 0.05) is 31.5 Å². The molecule has 4 rings (SSSR count). The third kappa shape index (κ3) is 5.44. The van der Waals surface area contributed by atoms with E-state index in [0.29, 0.717) is 12.0 Å². The van der Waals surface area contributed by atoms with E-state index in [4.69, 9.17) is 0 Å². The summed E-state index contributed by atoms with van der Waals surface area (Å²) in [7, 11) is 0. The fourth-order valence-corrected chi connectivity index (χ4v) is 5.54. The maximum atomic E-state index is 9.64. The van der Waals surface area contributed by atoms with Crippen molar-refractivity contribution in [3.63, 3.8) is 0 Å². The molecule has 3 aliphatic rings. The van der Waals surface area contributed by atoms with Crippen LogP contribution >= 0.6 is 0 Å². The van der Waals surface area contributed by atoms with Crippen molar-refractivity contribution in [2.75, 3.05) is 19.6 Å². The number of benzene rings is 1. The predicted molar refractivity (Wildman–Crippen MR) is 138 cm³/mol. The smallest absolute Gasteiger partial charge is 0.0991 e. The summed E-state index contributed by atoms with van der Waals surface area (Å²) in [5, 5.41) is 9.64. The molecule has 0 bridgehead atoms. The number of hydrogen-bond donors (Lipinski definition) is 0. The summed E-state index contributed by atoms with van der Waals surface area (Å²) in [6.07, 6.45) is 13.5. The van der Waals surface area contributed by atoms with Crippen LogP contribution in [0.2, 0.25) is 0 Å². The van der Waals surface area contributed by atoms with Gasteiger partial charge >= 0.3 is 0 Å². The lowest BCUT2D eigenvalue weighted by molar-refractivity contribution is 0.324. The van der Waals surface area contributed by atoms with Crippen LogP contribution in [0.1, 0.15) is 64.0 Å². The molecule has 1 aliphatic carbocycles. The van der Waals surface area contributed by atoms with Crippen LogP contribution in [0, 0.1) is 23.2 Å². The van der Waals surface area contributed by atoms with Crippen molar-refractivity contribution in [1.82, 2.24) is 9.80 Å². The average molecular weight is 442 g/mol. The lowest BCUT2D eigenvalue weighted by atomic mass is 9.87. The number of nitrogens with zero attached hydrogens (tertiary/aromatic N) is 3. The summed E-state index contributed by atoms with van der Waals surface area (Å²) in [6, 6.07) is 11.7. The lowest BCUT2D eigenvalue weighted by Gasteiger charge is -2.39. The molecule has 2 aliphatic heterocycles. The van der Waals surface area contributed by atoms with Crippen LogP contribution in [0.3, 0.4) is 0 Å². The molecule has 1 aromatic carbocycles. The van der Waals surface area contributed by atoms with E-state index in [0.717, 1.165) is 50.3 Å². The van der Waals surface area contributed by atoms with Crippen LogP contribution in [-0.2, 0) is 6.42 Å². The molecule has 1 fully saturated rings. The molecule has 2 unspecified atom stereocenters. The van der Waals surface area contributed by atoms with E-state index in [1.165, 1.54) is 47.4 Å². The molecule has 3 heteroatoms. The van der Waals surface area contributed by atoms with Gasteiger partial charge in [0.05, 0.1) is 17.7 Å². The first-order valence-corrected chi connectivity index (χ1v) is 12.8. The van der Waals surface area contributed by atoms with E-state index < -0.39 is 0 Å². The van der Waals surface area contributed by atoms with Crippen molar-refractivity contribution in [3.8, 4) is 6.07 Å². The largest absolute Gasteiger partial charge is 0.375 e. The van der Waals surface area contributed by atoms with E-state index in [1.807, 2.05) is 0 Å². The first-order valence-electron chi connectivity index (χ1n) is 12.8. The molecule has 174 valence electrons. The summed E-state index contributed by atoms with van der Waals surface area (Å²) in [6.45, 7) is 14.3. The Hall–Kier alpha value is -2.73. The Balaban J connectivity index is 1.38. The van der Waals surface area contributed by atoms with Crippen LogP contribution < -0.4 is 0 Å². The zero-order chi connectivity index (χ0) is 23.4. The number of aryl methyl sites for hydroxylation is 1. The van der Waals surface area contributed by atoms with Gasteiger partial charge in [0.1, 0.15) is 0 Å². The highest BCUT2D eigenvalue weighted by Gasteiger charge is 2.28. The Kier molecular flexibility index (Phi) is 7.43. The Morgan fingerprint density at radius 1 is 1.24 bits per heavy atom. The minimum Gasteiger partial charge on any atom is -0.375 e. The zero-order valence-corrected chi connectivity index (χ0v) is 20.7. The first kappa shape index (κ1) is 23.4. The van der Waals surface area contributed by atoms with Crippen LogP contribution in [0.5, 0.6) is 0 Å². The van der Waals surface area contributed by atoms with Gasteiger partial charge in [-0.2, -0.15) is 5.26 Å². The molecule has 0 amide bonds. The van der Waals surface area contributed by atoms with Gasteiger partial charge in [0.15, 0.2) is 0 Å². The average Bonchev–Trinajstić information content (AvgIpc) is 3.12. The van der Waals surface area contributed by atoms with Gasteiger partial charge < -0.3 is 9.80 Å². The Morgan fingerprint density at radius 2 is 2.03 bits per heavy atom. The second kappa shape index (κ2) is 10.5. The zero-order valence-electron chi connectivity index (χ0n) is 20.7. The second-order valence-corrected chi connectivity index (χ2v) is 10.4. The molecule has 33 heavy (non-hydrogen) atoms. The SMILES string of the molecule is C=C1CC(CCc2ccccc2C2=CN(C3C=C(C#N)C(CC(C)C)=CC3)C2)CN1CCC. The van der Waals surface area contributed by atoms with Gasteiger partial charge in [0.2, 0.25) is 0 Å². The van der Waals surface area contributed by atoms with Crippen LogP contribution in [0.25, 0.3) is 5.57 Å². The third-order valence-electron chi connectivity index (χ3n) is 7.29. The van der Waals surface area contributed by atoms with Crippen molar-refractivity contribution in [2.45, 2.75) is 65.3 Å². The third-order valence-corrected chi connectivity index (χ3v) is 7.29. The molecule has 0 spiro atoms. The van der Waals surface area contributed by atoms with Crippen LogP contribution in [0.4, 0.5) is 0 Å². The van der Waals surface area contributed by atoms with Crippen molar-refractivity contribution in [2.24, 2.45) is 11.8 Å². The van der Waals surface area contributed by atoms with E-state index in [-0.39, 0.29) is 0 Å². The normalized spacial score (nSPS) is 22.6. The number of nitriles is 1. The molecular formula is C30H39N3. The Morgan fingerprint density at radius 3 is 2.76 bits per heavy atom. The van der Waals surface area contributed by atoms with Crippen molar-refractivity contribution in [3.05, 3.63) is 77.2 Å². The number of rotatable bonds is 9. The van der Waals surface area contributed by atoms with Gasteiger partial charge in [0.25, 0.3) is 0 Å². The molecule has 0 radical (unpaired) electrons. The molecule has 2 heterocycles. The monoisotopic (exact) mass is 441 g/mol. The van der Waals surface area contributed by atoms with Crippen LogP contribution in [0.15, 0.2) is 66.0 Å². The van der Waals surface area contributed by atoms with E-state index in [2.05, 4.69) is 85.8 Å². The molecule has 2 atom stereocenters. The Labute approximate surface area is 200 Å². The number of likely N-dealkylation sites (tertiary alicyclic amines) is 1. The molecule has 0 N–H and O–H groups in total. The number of allylic oxidation sites excluding steroid dienone is 3. The quantitative estimate of drug-likeness (QED) is 0.426. The second-order valence-electron chi connectivity index (χ2n) is 10.4. The van der Waals surface area contributed by atoms with Gasteiger partial charge in [-0.05, 0) is 78.7 Å². The predicted octanol–water partition coefficient (Wildman–Crippen LogP) is 6.72. The molecule has 1 saturated heterocycles. The topological polar surface area (TPSA) is 30.3 Å². The van der Waals surface area contributed by atoms with Gasteiger partial charge in [-0.3, -0.25) is 0 Å². The van der Waals surface area contributed by atoms with Gasteiger partial charge in [-0.1, -0.05) is 57.7 Å². The van der Waals surface area contributed by atoms with Crippen molar-refractivity contribution in [1.29, 1.82) is 5.26 Å². The summed E-state index contributed by atoms with van der Waals surface area (Å²) >= 11 is 0. The molecular weight excluding hydrogens is 402 g/mol. The standard InChI is InChI=1S/C30H39N3/c1-5-14-32-19-24(16-23(32)4)10-11-25-8-6-7-9-30(25)28-20-33(21-28)29-13-12-26(15-22(2)3)27(17-29)18-31/h6-9,12,17,20,22,24,29H,4-5,10-11,13-16,19,21H2,1-3H3. The summed E-state index contributed by atoms with van der Waals surface area (Å²) in [5.74, 6) is 1.31. The maximum absolute atomic E-state index is 9.64. The summed E-state index contributed by atoms with van der Waals surface area (Å²) in [4.78, 5) is 4.88. The summed E-state index contributed by atoms with van der Waals surface area (Å²) in [5.41, 5.74) is 7.74. The molecule has 0 saturated carbocycles. The molecule has 3 nitrogen and oxygen atoms in total. The lowest BCUT2D eigenvalue weighted by Crippen LogP contribution is -2.38. The minimum atomic E-state index is 0.306. The van der Waals surface area contributed by atoms with E-state index >= 15 is 0 Å².